The molecule has 34 heavy (non-hydrogen) atoms. The zero-order chi connectivity index (χ0) is 24.6. The lowest BCUT2D eigenvalue weighted by Crippen LogP contribution is -2.28. The van der Waals surface area contributed by atoms with Crippen LogP contribution >= 0.6 is 0 Å². The van der Waals surface area contributed by atoms with E-state index < -0.39 is 33.7 Å². The lowest BCUT2D eigenvalue weighted by Gasteiger charge is -2.28. The molecule has 0 saturated carbocycles. The minimum Gasteiger partial charge on any atom is -0.350 e. The van der Waals surface area contributed by atoms with Crippen LogP contribution in [0.25, 0.3) is 0 Å². The Morgan fingerprint density at radius 3 is 1.74 bits per heavy atom. The van der Waals surface area contributed by atoms with E-state index in [9.17, 15) is 33.4 Å². The number of amidine groups is 1. The van der Waals surface area contributed by atoms with Crippen molar-refractivity contribution < 1.29 is 23.0 Å². The molecule has 0 N–H and O–H groups in total. The number of likely N-dealkylation sites (N-methyl/N-ethyl adjacent to an activating group) is 1. The summed E-state index contributed by atoms with van der Waals surface area (Å²) in [7, 11) is 1.73. The van der Waals surface area contributed by atoms with Gasteiger partial charge in [-0.15, -0.1) is 0 Å². The first-order valence-corrected chi connectivity index (χ1v) is 10.0. The quantitative estimate of drug-likeness (QED) is 0.352. The first kappa shape index (κ1) is 22.9. The molecule has 0 spiro atoms. The van der Waals surface area contributed by atoms with Gasteiger partial charge in [-0.2, -0.15) is 13.2 Å². The van der Waals surface area contributed by atoms with Crippen molar-refractivity contribution in [3.05, 3.63) is 115 Å². The summed E-state index contributed by atoms with van der Waals surface area (Å²) >= 11 is 0. The molecule has 2 atom stereocenters. The van der Waals surface area contributed by atoms with Gasteiger partial charge < -0.3 is 4.90 Å². The summed E-state index contributed by atoms with van der Waals surface area (Å²) in [6.45, 7) is 0. The number of aliphatic imine (C=N–C) groups is 1. The lowest BCUT2D eigenvalue weighted by molar-refractivity contribution is -0.385. The molecule has 1 aliphatic rings. The van der Waals surface area contributed by atoms with Crippen molar-refractivity contribution in [1.29, 1.82) is 0 Å². The van der Waals surface area contributed by atoms with E-state index in [0.29, 0.717) is 22.5 Å². The molecule has 4 rings (SSSR count). The molecule has 8 nitrogen and oxygen atoms in total. The summed E-state index contributed by atoms with van der Waals surface area (Å²) in [5, 5.41) is 22.0. The highest BCUT2D eigenvalue weighted by molar-refractivity contribution is 6.00. The van der Waals surface area contributed by atoms with Gasteiger partial charge in [0, 0.05) is 36.9 Å². The van der Waals surface area contributed by atoms with Gasteiger partial charge in [-0.3, -0.25) is 25.2 Å². The van der Waals surface area contributed by atoms with E-state index in [-0.39, 0.29) is 11.4 Å². The Labute approximate surface area is 191 Å². The molecule has 11 heteroatoms. The number of rotatable bonds is 5. The van der Waals surface area contributed by atoms with Gasteiger partial charge >= 0.3 is 6.18 Å². The molecule has 0 saturated heterocycles. The number of non-ortho nitro benzene ring substituents is 2. The molecule has 1 aliphatic heterocycles. The van der Waals surface area contributed by atoms with Gasteiger partial charge in [0.2, 0.25) is 0 Å². The second-order valence-corrected chi connectivity index (χ2v) is 7.73. The van der Waals surface area contributed by atoms with E-state index in [1.807, 2.05) is 0 Å². The maximum absolute atomic E-state index is 13.1. The third-order valence-electron chi connectivity index (χ3n) is 5.67. The summed E-state index contributed by atoms with van der Waals surface area (Å²) < 4.78 is 39.2. The fourth-order valence-electron chi connectivity index (χ4n) is 3.97. The number of nitrogens with zero attached hydrogens (tertiary/aromatic N) is 4. The lowest BCUT2D eigenvalue weighted by atomic mass is 9.93. The Kier molecular flexibility index (Phi) is 5.78. The van der Waals surface area contributed by atoms with E-state index in [4.69, 9.17) is 4.99 Å². The Bertz CT molecular complexity index is 1260. The highest BCUT2D eigenvalue weighted by Gasteiger charge is 2.38. The monoisotopic (exact) mass is 470 g/mol. The molecule has 0 bridgehead atoms. The van der Waals surface area contributed by atoms with Gasteiger partial charge in [0.25, 0.3) is 11.4 Å². The van der Waals surface area contributed by atoms with Crippen LogP contribution in [0.1, 0.15) is 34.3 Å². The van der Waals surface area contributed by atoms with Crippen LogP contribution in [0.3, 0.4) is 0 Å². The Morgan fingerprint density at radius 2 is 1.26 bits per heavy atom. The van der Waals surface area contributed by atoms with E-state index in [1.54, 1.807) is 36.2 Å². The summed E-state index contributed by atoms with van der Waals surface area (Å²) in [5.74, 6) is 0.489. The number of hydrogen-bond acceptors (Lipinski definition) is 6. The van der Waals surface area contributed by atoms with Crippen LogP contribution in [0, 0.1) is 20.2 Å². The number of hydrogen-bond donors (Lipinski definition) is 0. The third kappa shape index (κ3) is 4.32. The molecule has 1 heterocycles. The van der Waals surface area contributed by atoms with E-state index in [0.717, 1.165) is 12.1 Å². The molecule has 0 aromatic heterocycles. The first-order valence-electron chi connectivity index (χ1n) is 10.0. The van der Waals surface area contributed by atoms with Gasteiger partial charge in [-0.05, 0) is 47.5 Å². The van der Waals surface area contributed by atoms with E-state index in [2.05, 4.69) is 0 Å². The third-order valence-corrected chi connectivity index (χ3v) is 5.67. The predicted molar refractivity (Wildman–Crippen MR) is 117 cm³/mol. The second-order valence-electron chi connectivity index (χ2n) is 7.73. The molecule has 174 valence electrons. The number of nitro benzene ring substituents is 2. The van der Waals surface area contributed by atoms with E-state index in [1.165, 1.54) is 36.4 Å². The molecular formula is C23H17F3N4O4. The molecule has 3 aromatic rings. The molecule has 0 amide bonds. The topological polar surface area (TPSA) is 102 Å². The smallest absolute Gasteiger partial charge is 0.350 e. The van der Waals surface area contributed by atoms with Gasteiger partial charge in [0.1, 0.15) is 11.9 Å². The van der Waals surface area contributed by atoms with Gasteiger partial charge in [0.15, 0.2) is 0 Å². The van der Waals surface area contributed by atoms with Crippen molar-refractivity contribution in [2.45, 2.75) is 18.3 Å². The van der Waals surface area contributed by atoms with Crippen LogP contribution in [0.5, 0.6) is 0 Å². The zero-order valence-corrected chi connectivity index (χ0v) is 17.6. The van der Waals surface area contributed by atoms with Crippen LogP contribution in [0.15, 0.2) is 77.8 Å². The van der Waals surface area contributed by atoms with Gasteiger partial charge in [-0.25, -0.2) is 0 Å². The molecule has 0 radical (unpaired) electrons. The summed E-state index contributed by atoms with van der Waals surface area (Å²) in [5.41, 5.74) is 0.838. The van der Waals surface area contributed by atoms with Crippen molar-refractivity contribution in [3.63, 3.8) is 0 Å². The molecule has 2 unspecified atom stereocenters. The normalized spacial score (nSPS) is 18.0. The number of benzene rings is 3. The molecule has 3 aromatic carbocycles. The molecule has 0 fully saturated rings. The van der Waals surface area contributed by atoms with Gasteiger partial charge in [-0.1, -0.05) is 12.1 Å². The zero-order valence-electron chi connectivity index (χ0n) is 17.6. The maximum Gasteiger partial charge on any atom is 0.416 e. The van der Waals surface area contributed by atoms with Crippen molar-refractivity contribution in [3.8, 4) is 0 Å². The standard InChI is InChI=1S/C23H17F3N4O4/c1-28-21(15-2-8-17(9-3-15)23(24,25)26)20(14-4-10-18(11-5-14)29(31)32)27-22(28)16-6-12-19(13-7-16)30(33)34/h2-13,20-21H,1H3. The highest BCUT2D eigenvalue weighted by atomic mass is 19.4. The second kappa shape index (κ2) is 8.58. The van der Waals surface area contributed by atoms with Crippen molar-refractivity contribution in [1.82, 2.24) is 4.90 Å². The molecule has 0 aliphatic carbocycles. The Morgan fingerprint density at radius 1 is 0.794 bits per heavy atom. The number of halogens is 3. The SMILES string of the molecule is CN1C(c2ccc([N+](=O)[O-])cc2)=NC(c2ccc([N+](=O)[O-])cc2)C1c1ccc(C(F)(F)F)cc1. The van der Waals surface area contributed by atoms with Crippen molar-refractivity contribution >= 4 is 17.2 Å². The summed E-state index contributed by atoms with van der Waals surface area (Å²) in [6.07, 6.45) is -4.47. The Balaban J connectivity index is 1.76. The average Bonchev–Trinajstić information content (AvgIpc) is 3.15. The van der Waals surface area contributed by atoms with Crippen LogP contribution < -0.4 is 0 Å². The Hall–Kier alpha value is -4.28. The van der Waals surface area contributed by atoms with Crippen LogP contribution in [-0.2, 0) is 6.18 Å². The highest BCUT2D eigenvalue weighted by Crippen LogP contribution is 2.43. The predicted octanol–water partition coefficient (Wildman–Crippen LogP) is 5.70. The maximum atomic E-state index is 13.1. The summed E-state index contributed by atoms with van der Waals surface area (Å²) in [6, 6.07) is 15.3. The van der Waals surface area contributed by atoms with Crippen molar-refractivity contribution in [2.75, 3.05) is 7.05 Å². The largest absolute Gasteiger partial charge is 0.416 e. The summed E-state index contributed by atoms with van der Waals surface area (Å²) in [4.78, 5) is 27.5. The van der Waals surface area contributed by atoms with E-state index >= 15 is 0 Å². The van der Waals surface area contributed by atoms with Crippen LogP contribution in [0.2, 0.25) is 0 Å². The fourth-order valence-corrected chi connectivity index (χ4v) is 3.97. The minimum atomic E-state index is -4.47. The van der Waals surface area contributed by atoms with Crippen LogP contribution in [0.4, 0.5) is 24.5 Å². The number of alkyl halides is 3. The average molecular weight is 470 g/mol. The first-order chi connectivity index (χ1) is 16.1. The van der Waals surface area contributed by atoms with Crippen molar-refractivity contribution in [2.24, 2.45) is 4.99 Å². The van der Waals surface area contributed by atoms with Crippen LogP contribution in [-0.4, -0.2) is 27.6 Å². The molecular weight excluding hydrogens is 453 g/mol. The number of nitro groups is 2. The fraction of sp³-hybridized carbons (Fsp3) is 0.174. The minimum absolute atomic E-state index is 0.0868. The van der Waals surface area contributed by atoms with Gasteiger partial charge in [0.05, 0.1) is 21.5 Å².